The summed E-state index contributed by atoms with van der Waals surface area (Å²) in [5.41, 5.74) is 0. The van der Waals surface area contributed by atoms with E-state index >= 15 is 0 Å². The average Bonchev–Trinajstić information content (AvgIpc) is 2.13. The second kappa shape index (κ2) is 5.58. The van der Waals surface area contributed by atoms with Crippen molar-refractivity contribution < 1.29 is 0 Å². The lowest BCUT2D eigenvalue weighted by Crippen LogP contribution is -2.33. The molecule has 0 aromatic carbocycles. The smallest absolute Gasteiger partial charge is 0.0802 e. The van der Waals surface area contributed by atoms with E-state index in [1.54, 1.807) is 5.20 Å². The summed E-state index contributed by atoms with van der Waals surface area (Å²) in [5, 5.41) is 1.72. The van der Waals surface area contributed by atoms with Crippen LogP contribution in [0.1, 0.15) is 41.0 Å². The van der Waals surface area contributed by atoms with Crippen molar-refractivity contribution in [2.45, 2.75) is 59.2 Å². The molecule has 0 aromatic heterocycles. The second-order valence-electron chi connectivity index (χ2n) is 3.71. The lowest BCUT2D eigenvalue weighted by Gasteiger charge is -2.30. The van der Waals surface area contributed by atoms with Gasteiger partial charge in [-0.2, -0.15) is 0 Å². The lowest BCUT2D eigenvalue weighted by molar-refractivity contribution is 1.01. The first kappa shape index (κ1) is 12.0. The van der Waals surface area contributed by atoms with Gasteiger partial charge in [-0.05, 0) is 13.8 Å². The van der Waals surface area contributed by atoms with Gasteiger partial charge in [-0.25, -0.2) is 0 Å². The first-order valence-corrected chi connectivity index (χ1v) is 7.92. The molecule has 0 amide bonds. The van der Waals surface area contributed by atoms with Crippen LogP contribution in [0.4, 0.5) is 0 Å². The van der Waals surface area contributed by atoms with Gasteiger partial charge in [-0.15, -0.1) is 0 Å². The Morgan fingerprint density at radius 3 is 1.92 bits per heavy atom. The van der Waals surface area contributed by atoms with E-state index in [1.165, 1.54) is 24.6 Å². The summed E-state index contributed by atoms with van der Waals surface area (Å²) in [6, 6.07) is 4.33. The molecule has 0 radical (unpaired) electrons. The maximum atomic E-state index is 2.37. The molecule has 0 bridgehead atoms. The molecule has 0 saturated heterocycles. The molecule has 0 atom stereocenters. The molecule has 12 heavy (non-hydrogen) atoms. The first-order valence-electron chi connectivity index (χ1n) is 5.30. The maximum Gasteiger partial charge on any atom is 0.0802 e. The minimum atomic E-state index is -0.986. The van der Waals surface area contributed by atoms with E-state index in [4.69, 9.17) is 0 Å². The summed E-state index contributed by atoms with van der Waals surface area (Å²) in [6.45, 7) is 11.6. The van der Waals surface area contributed by atoms with Crippen molar-refractivity contribution in [2.24, 2.45) is 0 Å². The largest absolute Gasteiger partial charge is 0.0925 e. The van der Waals surface area contributed by atoms with E-state index in [1.807, 2.05) is 0 Å². The van der Waals surface area contributed by atoms with E-state index < -0.39 is 8.07 Å². The van der Waals surface area contributed by atoms with E-state index in [2.05, 4.69) is 40.7 Å². The van der Waals surface area contributed by atoms with Crippen LogP contribution >= 0.6 is 0 Å². The Morgan fingerprint density at radius 1 is 1.17 bits per heavy atom. The molecule has 0 rings (SSSR count). The molecular formula is C11H24Si. The van der Waals surface area contributed by atoms with Crippen LogP contribution in [0.15, 0.2) is 11.3 Å². The highest BCUT2D eigenvalue weighted by molar-refractivity contribution is 6.86. The molecule has 72 valence electrons. The van der Waals surface area contributed by atoms with Crippen molar-refractivity contribution in [3.05, 3.63) is 11.3 Å². The summed E-state index contributed by atoms with van der Waals surface area (Å²) < 4.78 is 0. The summed E-state index contributed by atoms with van der Waals surface area (Å²) in [7, 11) is -0.986. The summed E-state index contributed by atoms with van der Waals surface area (Å²) in [4.78, 5) is 0. The van der Waals surface area contributed by atoms with Crippen molar-refractivity contribution in [2.75, 3.05) is 0 Å². The highest BCUT2D eigenvalue weighted by atomic mass is 28.3. The zero-order chi connectivity index (χ0) is 9.61. The molecule has 0 aromatic rings. The van der Waals surface area contributed by atoms with Crippen molar-refractivity contribution >= 4 is 8.07 Å². The zero-order valence-corrected chi connectivity index (χ0v) is 10.4. The Kier molecular flexibility index (Phi) is 5.56. The Morgan fingerprint density at radius 2 is 1.67 bits per heavy atom. The third-order valence-corrected chi connectivity index (χ3v) is 9.48. The molecule has 0 heterocycles. The van der Waals surface area contributed by atoms with Crippen molar-refractivity contribution in [3.8, 4) is 0 Å². The SMILES string of the molecule is CC=C(C)[Si](CC)(CC)CCC. The van der Waals surface area contributed by atoms with Gasteiger partial charge in [0, 0.05) is 0 Å². The monoisotopic (exact) mass is 184 g/mol. The van der Waals surface area contributed by atoms with Gasteiger partial charge < -0.3 is 0 Å². The highest BCUT2D eigenvalue weighted by Crippen LogP contribution is 2.29. The molecule has 0 unspecified atom stereocenters. The molecular weight excluding hydrogens is 160 g/mol. The summed E-state index contributed by atoms with van der Waals surface area (Å²) in [5.74, 6) is 0. The minimum Gasteiger partial charge on any atom is -0.0925 e. The van der Waals surface area contributed by atoms with Crippen molar-refractivity contribution in [1.82, 2.24) is 0 Å². The number of hydrogen-bond donors (Lipinski definition) is 0. The lowest BCUT2D eigenvalue weighted by atomic mass is 10.6. The van der Waals surface area contributed by atoms with Crippen LogP contribution in [0.5, 0.6) is 0 Å². The molecule has 0 aliphatic rings. The van der Waals surface area contributed by atoms with Crippen LogP contribution in [-0.2, 0) is 0 Å². The Balaban J connectivity index is 4.56. The average molecular weight is 184 g/mol. The normalized spacial score (nSPS) is 13.6. The molecule has 0 spiro atoms. The van der Waals surface area contributed by atoms with Gasteiger partial charge in [-0.1, -0.05) is 56.6 Å². The Labute approximate surface area is 79.1 Å². The van der Waals surface area contributed by atoms with Crippen molar-refractivity contribution in [3.63, 3.8) is 0 Å². The molecule has 1 heteroatoms. The minimum absolute atomic E-state index is 0.986. The van der Waals surface area contributed by atoms with Crippen LogP contribution in [-0.4, -0.2) is 8.07 Å². The van der Waals surface area contributed by atoms with E-state index in [0.717, 1.165) is 0 Å². The zero-order valence-electron chi connectivity index (χ0n) is 9.41. The van der Waals surface area contributed by atoms with Crippen LogP contribution in [0, 0.1) is 0 Å². The summed E-state index contributed by atoms with van der Waals surface area (Å²) in [6.07, 6.45) is 3.70. The molecule has 0 saturated carbocycles. The Bertz CT molecular complexity index is 143. The van der Waals surface area contributed by atoms with E-state index in [-0.39, 0.29) is 0 Å². The predicted molar refractivity (Wildman–Crippen MR) is 61.2 cm³/mol. The van der Waals surface area contributed by atoms with Gasteiger partial charge in [0.1, 0.15) is 0 Å². The molecule has 0 fully saturated rings. The van der Waals surface area contributed by atoms with Gasteiger partial charge in [0.2, 0.25) is 0 Å². The van der Waals surface area contributed by atoms with Gasteiger partial charge >= 0.3 is 0 Å². The van der Waals surface area contributed by atoms with E-state index in [0.29, 0.717) is 0 Å². The van der Waals surface area contributed by atoms with E-state index in [9.17, 15) is 0 Å². The molecule has 0 aliphatic carbocycles. The van der Waals surface area contributed by atoms with Crippen LogP contribution in [0.25, 0.3) is 0 Å². The third-order valence-electron chi connectivity index (χ3n) is 3.35. The van der Waals surface area contributed by atoms with Crippen LogP contribution in [0.3, 0.4) is 0 Å². The van der Waals surface area contributed by atoms with Gasteiger partial charge in [-0.3, -0.25) is 0 Å². The molecule has 0 nitrogen and oxygen atoms in total. The number of hydrogen-bond acceptors (Lipinski definition) is 0. The van der Waals surface area contributed by atoms with Gasteiger partial charge in [0.25, 0.3) is 0 Å². The fourth-order valence-electron chi connectivity index (χ4n) is 2.14. The standard InChI is InChI=1S/C11H24Si/c1-6-10-12(8-3,9-4)11(5)7-2/h7H,6,8-10H2,1-5H3. The predicted octanol–water partition coefficient (Wildman–Crippen LogP) is 4.39. The first-order chi connectivity index (χ1) is 5.66. The highest BCUT2D eigenvalue weighted by Gasteiger charge is 2.28. The third kappa shape index (κ3) is 2.48. The fraction of sp³-hybridized carbons (Fsp3) is 0.818. The summed E-state index contributed by atoms with van der Waals surface area (Å²) >= 11 is 0. The van der Waals surface area contributed by atoms with Crippen molar-refractivity contribution in [1.29, 1.82) is 0 Å². The van der Waals surface area contributed by atoms with Crippen LogP contribution < -0.4 is 0 Å². The quantitative estimate of drug-likeness (QED) is 0.556. The van der Waals surface area contributed by atoms with Gasteiger partial charge in [0.05, 0.1) is 8.07 Å². The molecule has 0 N–H and O–H groups in total. The van der Waals surface area contributed by atoms with Gasteiger partial charge in [0.15, 0.2) is 0 Å². The number of rotatable bonds is 5. The second-order valence-corrected chi connectivity index (χ2v) is 8.97. The number of allylic oxidation sites excluding steroid dienone is 2. The maximum absolute atomic E-state index is 2.37. The fourth-order valence-corrected chi connectivity index (χ4v) is 6.43. The molecule has 0 aliphatic heterocycles. The Hall–Kier alpha value is -0.0431. The van der Waals surface area contributed by atoms with Crippen LogP contribution in [0.2, 0.25) is 18.1 Å². The topological polar surface area (TPSA) is 0 Å².